The van der Waals surface area contributed by atoms with Crippen LogP contribution in [0, 0.1) is 0 Å². The Morgan fingerprint density at radius 1 is 1.29 bits per heavy atom. The van der Waals surface area contributed by atoms with E-state index in [1.54, 1.807) is 10.9 Å². The first kappa shape index (κ1) is 13.7. The third-order valence-electron chi connectivity index (χ3n) is 3.11. The van der Waals surface area contributed by atoms with Crippen molar-refractivity contribution in [3.8, 4) is 5.69 Å². The monoisotopic (exact) mass is 347 g/mol. The van der Waals surface area contributed by atoms with E-state index in [0.29, 0.717) is 0 Å². The number of para-hydroxylation sites is 1. The molecule has 0 fully saturated rings. The maximum atomic E-state index is 4.37. The highest BCUT2D eigenvalue weighted by Gasteiger charge is 2.13. The summed E-state index contributed by atoms with van der Waals surface area (Å²) in [6.45, 7) is 2.00. The Kier molecular flexibility index (Phi) is 3.70. The summed E-state index contributed by atoms with van der Waals surface area (Å²) in [6.07, 6.45) is 3.71. The molecule has 0 spiro atoms. The number of nitrogens with one attached hydrogen (secondary N) is 1. The lowest BCUT2D eigenvalue weighted by molar-refractivity contribution is 0.650. The minimum Gasteiger partial charge on any atom is -0.373 e. The van der Waals surface area contributed by atoms with Crippen LogP contribution in [0.1, 0.15) is 18.8 Å². The van der Waals surface area contributed by atoms with E-state index < -0.39 is 0 Å². The van der Waals surface area contributed by atoms with E-state index in [0.717, 1.165) is 21.7 Å². The molecular formula is C13H14BrN7. The lowest BCUT2D eigenvalue weighted by Gasteiger charge is -2.11. The van der Waals surface area contributed by atoms with Gasteiger partial charge < -0.3 is 5.32 Å². The number of halogens is 1. The highest BCUT2D eigenvalue weighted by Crippen LogP contribution is 2.22. The van der Waals surface area contributed by atoms with Gasteiger partial charge in [-0.3, -0.25) is 0 Å². The molecule has 3 rings (SSSR count). The Labute approximate surface area is 130 Å². The van der Waals surface area contributed by atoms with E-state index >= 15 is 0 Å². The van der Waals surface area contributed by atoms with Crippen molar-refractivity contribution in [3.05, 3.63) is 47.0 Å². The molecule has 7 nitrogen and oxygen atoms in total. The first-order valence-electron chi connectivity index (χ1n) is 6.43. The van der Waals surface area contributed by atoms with Gasteiger partial charge in [0.1, 0.15) is 0 Å². The smallest absolute Gasteiger partial charge is 0.173 e. The van der Waals surface area contributed by atoms with E-state index in [-0.39, 0.29) is 6.04 Å². The molecule has 0 radical (unpaired) electrons. The minimum atomic E-state index is -0.0122. The molecule has 1 unspecified atom stereocenters. The lowest BCUT2D eigenvalue weighted by Crippen LogP contribution is -2.12. The Balaban J connectivity index is 1.80. The van der Waals surface area contributed by atoms with E-state index in [4.69, 9.17) is 0 Å². The maximum absolute atomic E-state index is 4.37. The summed E-state index contributed by atoms with van der Waals surface area (Å²) >= 11 is 3.52. The molecule has 0 aliphatic carbocycles. The summed E-state index contributed by atoms with van der Waals surface area (Å²) < 4.78 is 4.45. The Morgan fingerprint density at radius 3 is 2.81 bits per heavy atom. The average Bonchev–Trinajstić information content (AvgIpc) is 3.08. The molecule has 108 valence electrons. The molecule has 0 amide bonds. The van der Waals surface area contributed by atoms with Gasteiger partial charge >= 0.3 is 0 Å². The Morgan fingerprint density at radius 2 is 2.10 bits per heavy atom. The number of tetrazole rings is 1. The molecular weight excluding hydrogens is 334 g/mol. The van der Waals surface area contributed by atoms with Crippen molar-refractivity contribution in [3.63, 3.8) is 0 Å². The second kappa shape index (κ2) is 5.65. The average molecular weight is 348 g/mol. The van der Waals surface area contributed by atoms with Crippen LogP contribution in [0.5, 0.6) is 0 Å². The summed E-state index contributed by atoms with van der Waals surface area (Å²) in [5.41, 5.74) is 1.89. The molecule has 8 heteroatoms. The third kappa shape index (κ3) is 2.80. The first-order chi connectivity index (χ1) is 10.1. The number of hydrogen-bond donors (Lipinski definition) is 1. The van der Waals surface area contributed by atoms with Gasteiger partial charge in [0.05, 0.1) is 29.8 Å². The highest BCUT2D eigenvalue weighted by atomic mass is 79.9. The number of nitrogens with zero attached hydrogens (tertiary/aromatic N) is 6. The van der Waals surface area contributed by atoms with Crippen LogP contribution in [-0.4, -0.2) is 30.0 Å². The zero-order chi connectivity index (χ0) is 14.8. The van der Waals surface area contributed by atoms with Crippen LogP contribution in [0.3, 0.4) is 0 Å². The highest BCUT2D eigenvalue weighted by molar-refractivity contribution is 9.10. The van der Waals surface area contributed by atoms with Crippen molar-refractivity contribution in [2.24, 2.45) is 7.05 Å². The van der Waals surface area contributed by atoms with Gasteiger partial charge in [-0.05, 0) is 45.4 Å². The fourth-order valence-corrected chi connectivity index (χ4v) is 2.55. The van der Waals surface area contributed by atoms with Crippen LogP contribution in [-0.2, 0) is 7.05 Å². The van der Waals surface area contributed by atoms with Crippen LogP contribution in [0.25, 0.3) is 5.69 Å². The first-order valence-corrected chi connectivity index (χ1v) is 7.23. The molecule has 0 saturated carbocycles. The normalized spacial score (nSPS) is 12.3. The number of aryl methyl sites for hydroxylation is 1. The maximum Gasteiger partial charge on any atom is 0.173 e. The summed E-state index contributed by atoms with van der Waals surface area (Å²) in [5, 5.41) is 19.2. The second-order valence-electron chi connectivity index (χ2n) is 4.65. The molecule has 0 saturated heterocycles. The molecule has 1 aromatic carbocycles. The van der Waals surface area contributed by atoms with Gasteiger partial charge in [-0.25, -0.2) is 9.36 Å². The molecule has 1 N–H and O–H groups in total. The summed E-state index contributed by atoms with van der Waals surface area (Å²) in [7, 11) is 1.82. The van der Waals surface area contributed by atoms with Gasteiger partial charge in [-0.1, -0.05) is 12.1 Å². The van der Waals surface area contributed by atoms with Gasteiger partial charge in [0.25, 0.3) is 0 Å². The Hall–Kier alpha value is -2.22. The predicted molar refractivity (Wildman–Crippen MR) is 82.1 cm³/mol. The van der Waals surface area contributed by atoms with Crippen LogP contribution in [0.2, 0.25) is 0 Å². The van der Waals surface area contributed by atoms with Gasteiger partial charge in [-0.2, -0.15) is 5.10 Å². The summed E-state index contributed by atoms with van der Waals surface area (Å²) in [5.74, 6) is 0.767. The van der Waals surface area contributed by atoms with Crippen LogP contribution in [0.4, 0.5) is 5.69 Å². The fraction of sp³-hybridized carbons (Fsp3) is 0.231. The third-order valence-corrected chi connectivity index (χ3v) is 3.78. The molecule has 0 aliphatic heterocycles. The topological polar surface area (TPSA) is 73.5 Å². The zero-order valence-electron chi connectivity index (χ0n) is 11.6. The number of hydrogen-bond acceptors (Lipinski definition) is 5. The number of aromatic nitrogens is 6. The van der Waals surface area contributed by atoms with Crippen LogP contribution < -0.4 is 5.32 Å². The summed E-state index contributed by atoms with van der Waals surface area (Å²) in [6, 6.07) is 7.92. The van der Waals surface area contributed by atoms with Gasteiger partial charge in [0.2, 0.25) is 0 Å². The van der Waals surface area contributed by atoms with Crippen molar-refractivity contribution >= 4 is 21.6 Å². The number of anilines is 1. The largest absolute Gasteiger partial charge is 0.373 e. The summed E-state index contributed by atoms with van der Waals surface area (Å²) in [4.78, 5) is 0. The fourth-order valence-electron chi connectivity index (χ4n) is 2.08. The minimum absolute atomic E-state index is 0.0122. The number of rotatable bonds is 4. The zero-order valence-corrected chi connectivity index (χ0v) is 13.2. The molecule has 3 aromatic rings. The van der Waals surface area contributed by atoms with Crippen LogP contribution >= 0.6 is 15.9 Å². The predicted octanol–water partition coefficient (Wildman–Crippen LogP) is 2.33. The molecule has 0 aliphatic rings. The van der Waals surface area contributed by atoms with Crippen molar-refractivity contribution < 1.29 is 0 Å². The second-order valence-corrected chi connectivity index (χ2v) is 5.51. The molecule has 2 aromatic heterocycles. The van der Waals surface area contributed by atoms with Crippen LogP contribution in [0.15, 0.2) is 41.1 Å². The van der Waals surface area contributed by atoms with Crippen molar-refractivity contribution in [2.45, 2.75) is 13.0 Å². The van der Waals surface area contributed by atoms with Gasteiger partial charge in [-0.15, -0.1) is 5.10 Å². The van der Waals surface area contributed by atoms with E-state index in [9.17, 15) is 0 Å². The molecule has 1 atom stereocenters. The quantitative estimate of drug-likeness (QED) is 0.783. The van der Waals surface area contributed by atoms with Gasteiger partial charge in [0, 0.05) is 11.5 Å². The molecule has 0 bridgehead atoms. The van der Waals surface area contributed by atoms with Gasteiger partial charge in [0.15, 0.2) is 5.82 Å². The van der Waals surface area contributed by atoms with E-state index in [1.807, 2.05) is 49.1 Å². The molecule has 2 heterocycles. The standard InChI is InChI=1S/C13H14BrN7/c1-9(13-17-18-19-20(13)2)16-10-7-15-21(8-10)12-6-4-3-5-11(12)14/h3-9,16H,1-2H3. The SMILES string of the molecule is CC(Nc1cnn(-c2ccccc2Br)c1)c1nnnn1C. The van der Waals surface area contributed by atoms with Crippen molar-refractivity contribution in [1.29, 1.82) is 0 Å². The number of benzene rings is 1. The van der Waals surface area contributed by atoms with Crippen molar-refractivity contribution in [1.82, 2.24) is 30.0 Å². The molecule has 21 heavy (non-hydrogen) atoms. The van der Waals surface area contributed by atoms with E-state index in [2.05, 4.69) is 41.9 Å². The van der Waals surface area contributed by atoms with Crippen molar-refractivity contribution in [2.75, 3.05) is 5.32 Å². The lowest BCUT2D eigenvalue weighted by atomic mass is 10.3. The van der Waals surface area contributed by atoms with E-state index in [1.165, 1.54) is 0 Å². The Bertz CT molecular complexity index is 748.